The van der Waals surface area contributed by atoms with Gasteiger partial charge in [0.1, 0.15) is 5.82 Å². The molecular formula is C16H16FN. The van der Waals surface area contributed by atoms with Crippen molar-refractivity contribution in [1.29, 1.82) is 0 Å². The summed E-state index contributed by atoms with van der Waals surface area (Å²) in [5, 5.41) is 0. The fraction of sp³-hybridized carbons (Fsp3) is 0.250. The van der Waals surface area contributed by atoms with Crippen LogP contribution < -0.4 is 5.73 Å². The first kappa shape index (κ1) is 11.3. The Morgan fingerprint density at radius 2 is 1.78 bits per heavy atom. The maximum atomic E-state index is 13.4. The standard InChI is InChI=1S/C16H16FN/c17-12-8-9-16(18)15(10-12)14-7-2-1-6-13(14)11-4-3-5-11/h1-2,6-11H,3-5,18H2. The summed E-state index contributed by atoms with van der Waals surface area (Å²) in [7, 11) is 0. The van der Waals surface area contributed by atoms with Crippen molar-refractivity contribution >= 4 is 5.69 Å². The summed E-state index contributed by atoms with van der Waals surface area (Å²) < 4.78 is 13.4. The molecule has 1 nitrogen and oxygen atoms in total. The second-order valence-electron chi connectivity index (χ2n) is 4.95. The van der Waals surface area contributed by atoms with Gasteiger partial charge < -0.3 is 5.73 Å². The minimum Gasteiger partial charge on any atom is -0.398 e. The van der Waals surface area contributed by atoms with Crippen molar-refractivity contribution in [3.63, 3.8) is 0 Å². The molecule has 92 valence electrons. The van der Waals surface area contributed by atoms with Crippen LogP contribution in [0.2, 0.25) is 0 Å². The summed E-state index contributed by atoms with van der Waals surface area (Å²) in [6, 6.07) is 12.8. The molecule has 1 fully saturated rings. The summed E-state index contributed by atoms with van der Waals surface area (Å²) in [6.07, 6.45) is 3.75. The molecule has 0 spiro atoms. The first-order valence-corrected chi connectivity index (χ1v) is 6.40. The molecule has 1 aliphatic rings. The van der Waals surface area contributed by atoms with E-state index in [2.05, 4.69) is 6.07 Å². The van der Waals surface area contributed by atoms with Crippen LogP contribution in [0.1, 0.15) is 30.7 Å². The number of anilines is 1. The Bertz CT molecular complexity index is 573. The second-order valence-corrected chi connectivity index (χ2v) is 4.95. The van der Waals surface area contributed by atoms with E-state index in [4.69, 9.17) is 5.73 Å². The molecule has 0 radical (unpaired) electrons. The van der Waals surface area contributed by atoms with Crippen molar-refractivity contribution in [2.75, 3.05) is 5.73 Å². The molecule has 0 heterocycles. The van der Waals surface area contributed by atoms with Crippen LogP contribution in [0.3, 0.4) is 0 Å². The first-order chi connectivity index (χ1) is 8.75. The molecule has 2 heteroatoms. The molecule has 0 aromatic heterocycles. The molecular weight excluding hydrogens is 225 g/mol. The lowest BCUT2D eigenvalue weighted by molar-refractivity contribution is 0.420. The Kier molecular flexibility index (Phi) is 2.78. The number of nitrogens with two attached hydrogens (primary N) is 1. The van der Waals surface area contributed by atoms with Gasteiger partial charge in [0.05, 0.1) is 0 Å². The topological polar surface area (TPSA) is 26.0 Å². The van der Waals surface area contributed by atoms with Gasteiger partial charge >= 0.3 is 0 Å². The number of hydrogen-bond donors (Lipinski definition) is 1. The van der Waals surface area contributed by atoms with Crippen molar-refractivity contribution < 1.29 is 4.39 Å². The maximum Gasteiger partial charge on any atom is 0.123 e. The van der Waals surface area contributed by atoms with Gasteiger partial charge in [0.15, 0.2) is 0 Å². The van der Waals surface area contributed by atoms with Gasteiger partial charge in [-0.05, 0) is 48.1 Å². The van der Waals surface area contributed by atoms with Gasteiger partial charge in [0.25, 0.3) is 0 Å². The highest BCUT2D eigenvalue weighted by molar-refractivity contribution is 5.79. The molecule has 2 aromatic carbocycles. The lowest BCUT2D eigenvalue weighted by Crippen LogP contribution is -2.10. The van der Waals surface area contributed by atoms with Crippen LogP contribution in [0.25, 0.3) is 11.1 Å². The summed E-state index contributed by atoms with van der Waals surface area (Å²) in [4.78, 5) is 0. The lowest BCUT2D eigenvalue weighted by Gasteiger charge is -2.28. The SMILES string of the molecule is Nc1ccc(F)cc1-c1ccccc1C1CCC1. The summed E-state index contributed by atoms with van der Waals surface area (Å²) in [5.74, 6) is 0.381. The highest BCUT2D eigenvalue weighted by Gasteiger charge is 2.22. The second kappa shape index (κ2) is 4.45. The van der Waals surface area contributed by atoms with Crippen molar-refractivity contribution in [2.45, 2.75) is 25.2 Å². The van der Waals surface area contributed by atoms with E-state index in [9.17, 15) is 4.39 Å². The molecule has 18 heavy (non-hydrogen) atoms. The summed E-state index contributed by atoms with van der Waals surface area (Å²) >= 11 is 0. The monoisotopic (exact) mass is 241 g/mol. The van der Waals surface area contributed by atoms with Crippen LogP contribution in [0.4, 0.5) is 10.1 Å². The number of rotatable bonds is 2. The third-order valence-electron chi connectivity index (χ3n) is 3.81. The van der Waals surface area contributed by atoms with E-state index >= 15 is 0 Å². The maximum absolute atomic E-state index is 13.4. The molecule has 0 saturated heterocycles. The summed E-state index contributed by atoms with van der Waals surface area (Å²) in [5.41, 5.74) is 9.83. The average molecular weight is 241 g/mol. The fourth-order valence-electron chi connectivity index (χ4n) is 2.58. The van der Waals surface area contributed by atoms with E-state index in [1.54, 1.807) is 6.07 Å². The minimum atomic E-state index is -0.234. The van der Waals surface area contributed by atoms with E-state index in [1.165, 1.54) is 37.0 Å². The molecule has 2 N–H and O–H groups in total. The molecule has 0 unspecified atom stereocenters. The smallest absolute Gasteiger partial charge is 0.123 e. The highest BCUT2D eigenvalue weighted by atomic mass is 19.1. The normalized spacial score (nSPS) is 15.4. The first-order valence-electron chi connectivity index (χ1n) is 6.40. The van der Waals surface area contributed by atoms with Gasteiger partial charge in [-0.3, -0.25) is 0 Å². The van der Waals surface area contributed by atoms with Gasteiger partial charge in [0, 0.05) is 11.3 Å². The molecule has 0 amide bonds. The number of nitrogen functional groups attached to an aromatic ring is 1. The van der Waals surface area contributed by atoms with Gasteiger partial charge in [-0.25, -0.2) is 4.39 Å². The highest BCUT2D eigenvalue weighted by Crippen LogP contribution is 2.42. The van der Waals surface area contributed by atoms with E-state index in [1.807, 2.05) is 18.2 Å². The molecule has 0 atom stereocenters. The molecule has 0 bridgehead atoms. The number of halogens is 1. The Morgan fingerprint density at radius 1 is 1.00 bits per heavy atom. The predicted octanol–water partition coefficient (Wildman–Crippen LogP) is 4.34. The van der Waals surface area contributed by atoms with Crippen LogP contribution in [-0.4, -0.2) is 0 Å². The zero-order valence-electron chi connectivity index (χ0n) is 10.2. The van der Waals surface area contributed by atoms with Gasteiger partial charge in [-0.15, -0.1) is 0 Å². The number of hydrogen-bond acceptors (Lipinski definition) is 1. The van der Waals surface area contributed by atoms with Crippen LogP contribution in [-0.2, 0) is 0 Å². The predicted molar refractivity (Wildman–Crippen MR) is 72.8 cm³/mol. The van der Waals surface area contributed by atoms with Crippen LogP contribution in [0.5, 0.6) is 0 Å². The number of benzene rings is 2. The Morgan fingerprint density at radius 3 is 2.50 bits per heavy atom. The van der Waals surface area contributed by atoms with Crippen LogP contribution in [0.15, 0.2) is 42.5 Å². The van der Waals surface area contributed by atoms with Gasteiger partial charge in [-0.2, -0.15) is 0 Å². The fourth-order valence-corrected chi connectivity index (χ4v) is 2.58. The van der Waals surface area contributed by atoms with E-state index in [0.29, 0.717) is 11.6 Å². The molecule has 2 aromatic rings. The molecule has 1 aliphatic carbocycles. The van der Waals surface area contributed by atoms with Crippen LogP contribution in [0, 0.1) is 5.82 Å². The Hall–Kier alpha value is -1.83. The largest absolute Gasteiger partial charge is 0.398 e. The third kappa shape index (κ3) is 1.88. The average Bonchev–Trinajstić information content (AvgIpc) is 2.31. The van der Waals surface area contributed by atoms with E-state index in [0.717, 1.165) is 11.1 Å². The zero-order chi connectivity index (χ0) is 12.5. The zero-order valence-corrected chi connectivity index (χ0v) is 10.2. The summed E-state index contributed by atoms with van der Waals surface area (Å²) in [6.45, 7) is 0. The Balaban J connectivity index is 2.13. The van der Waals surface area contributed by atoms with Crippen molar-refractivity contribution in [2.24, 2.45) is 0 Å². The quantitative estimate of drug-likeness (QED) is 0.777. The van der Waals surface area contributed by atoms with E-state index in [-0.39, 0.29) is 5.82 Å². The van der Waals surface area contributed by atoms with Crippen LogP contribution >= 0.6 is 0 Å². The molecule has 3 rings (SSSR count). The molecule has 0 aliphatic heterocycles. The van der Waals surface area contributed by atoms with Gasteiger partial charge in [-0.1, -0.05) is 30.7 Å². The third-order valence-corrected chi connectivity index (χ3v) is 3.81. The van der Waals surface area contributed by atoms with Gasteiger partial charge in [0.2, 0.25) is 0 Å². The molecule has 1 saturated carbocycles. The van der Waals surface area contributed by atoms with Crippen molar-refractivity contribution in [3.8, 4) is 11.1 Å². The van der Waals surface area contributed by atoms with Crippen molar-refractivity contribution in [1.82, 2.24) is 0 Å². The van der Waals surface area contributed by atoms with E-state index < -0.39 is 0 Å². The lowest BCUT2D eigenvalue weighted by atomic mass is 9.77. The minimum absolute atomic E-state index is 0.234. The Labute approximate surface area is 106 Å². The van der Waals surface area contributed by atoms with Crippen molar-refractivity contribution in [3.05, 3.63) is 53.8 Å².